The maximum Gasteiger partial charge on any atom is 0.305 e. The van der Waals surface area contributed by atoms with Crippen molar-refractivity contribution in [1.29, 1.82) is 0 Å². The summed E-state index contributed by atoms with van der Waals surface area (Å²) in [6.07, 6.45) is 2.62. The molecule has 1 unspecified atom stereocenters. The van der Waals surface area contributed by atoms with E-state index in [-0.39, 0.29) is 30.5 Å². The van der Waals surface area contributed by atoms with Crippen LogP contribution in [0.15, 0.2) is 18.3 Å². The number of piperidine rings is 1. The number of carbonyl (C=O) groups excluding carboxylic acids is 1. The molecule has 0 aliphatic carbocycles. The van der Waals surface area contributed by atoms with Crippen molar-refractivity contribution in [1.82, 2.24) is 10.3 Å². The van der Waals surface area contributed by atoms with Gasteiger partial charge >= 0.3 is 5.97 Å². The molecule has 0 radical (unpaired) electrons. The average Bonchev–Trinajstić information content (AvgIpc) is 2.54. The zero-order valence-electron chi connectivity index (χ0n) is 12.5. The third-order valence-corrected chi connectivity index (χ3v) is 3.70. The zero-order chi connectivity index (χ0) is 16.8. The first-order valence-electron chi connectivity index (χ1n) is 7.32. The van der Waals surface area contributed by atoms with E-state index in [1.165, 1.54) is 12.3 Å². The number of aliphatic carboxylic acids is 1. The molecule has 1 aromatic rings. The Bertz CT molecular complexity index is 589. The Hall–Kier alpha value is -2.71. The summed E-state index contributed by atoms with van der Waals surface area (Å²) in [6, 6.07) is 2.96. The molecule has 1 saturated heterocycles. The largest absolute Gasteiger partial charge is 0.481 e. The number of nitrogens with zero attached hydrogens (tertiary/aromatic N) is 3. The number of carboxylic acid groups (broad SMARTS) is 1. The lowest BCUT2D eigenvalue weighted by Crippen LogP contribution is -2.43. The molecule has 2 heterocycles. The molecule has 1 amide bonds. The number of hydrogen-bond acceptors (Lipinski definition) is 6. The van der Waals surface area contributed by atoms with Crippen molar-refractivity contribution in [3.8, 4) is 0 Å². The number of pyridine rings is 1. The van der Waals surface area contributed by atoms with Crippen LogP contribution >= 0.6 is 0 Å². The number of nitro groups is 1. The van der Waals surface area contributed by atoms with E-state index < -0.39 is 10.9 Å². The summed E-state index contributed by atoms with van der Waals surface area (Å²) in [6.45, 7) is 1.30. The second kappa shape index (κ2) is 7.52. The Balaban J connectivity index is 1.93. The topological polar surface area (TPSA) is 126 Å². The number of rotatable bonds is 6. The van der Waals surface area contributed by atoms with E-state index in [0.29, 0.717) is 12.4 Å². The second-order valence-electron chi connectivity index (χ2n) is 5.35. The summed E-state index contributed by atoms with van der Waals surface area (Å²) in [5.41, 5.74) is -0.0753. The molecule has 0 spiro atoms. The van der Waals surface area contributed by atoms with Gasteiger partial charge in [-0.3, -0.25) is 19.7 Å². The predicted octanol–water partition coefficient (Wildman–Crippen LogP) is 0.797. The highest BCUT2D eigenvalue weighted by Gasteiger charge is 2.26. The Morgan fingerprint density at radius 3 is 2.87 bits per heavy atom. The SMILES string of the molecule is O=C(O)CCNC(=O)C1CCCN(c2ccc([N+](=O)[O-])cn2)C1. The first-order valence-corrected chi connectivity index (χ1v) is 7.32. The number of anilines is 1. The minimum atomic E-state index is -0.953. The van der Waals surface area contributed by atoms with Gasteiger partial charge < -0.3 is 15.3 Å². The molecule has 0 bridgehead atoms. The van der Waals surface area contributed by atoms with Crippen LogP contribution in [-0.4, -0.2) is 46.5 Å². The number of carboxylic acids is 1. The maximum absolute atomic E-state index is 12.1. The Kier molecular flexibility index (Phi) is 5.45. The van der Waals surface area contributed by atoms with Crippen molar-refractivity contribution in [2.75, 3.05) is 24.5 Å². The fourth-order valence-electron chi connectivity index (χ4n) is 2.51. The lowest BCUT2D eigenvalue weighted by molar-refractivity contribution is -0.385. The lowest BCUT2D eigenvalue weighted by atomic mass is 9.97. The van der Waals surface area contributed by atoms with Gasteiger partial charge in [-0.05, 0) is 18.9 Å². The van der Waals surface area contributed by atoms with Gasteiger partial charge in [0.1, 0.15) is 12.0 Å². The van der Waals surface area contributed by atoms with Gasteiger partial charge in [0.15, 0.2) is 0 Å². The summed E-state index contributed by atoms with van der Waals surface area (Å²) in [4.78, 5) is 38.6. The highest BCUT2D eigenvalue weighted by molar-refractivity contribution is 5.80. The summed E-state index contributed by atoms with van der Waals surface area (Å²) < 4.78 is 0. The third kappa shape index (κ3) is 4.63. The van der Waals surface area contributed by atoms with E-state index in [1.807, 2.05) is 4.90 Å². The fourth-order valence-corrected chi connectivity index (χ4v) is 2.51. The van der Waals surface area contributed by atoms with Gasteiger partial charge in [-0.1, -0.05) is 0 Å². The van der Waals surface area contributed by atoms with Crippen LogP contribution in [0.25, 0.3) is 0 Å². The van der Waals surface area contributed by atoms with E-state index >= 15 is 0 Å². The molecule has 9 heteroatoms. The Morgan fingerprint density at radius 1 is 1.48 bits per heavy atom. The van der Waals surface area contributed by atoms with Crippen LogP contribution in [0, 0.1) is 16.0 Å². The number of nitrogens with one attached hydrogen (secondary N) is 1. The zero-order valence-corrected chi connectivity index (χ0v) is 12.5. The van der Waals surface area contributed by atoms with E-state index in [9.17, 15) is 19.7 Å². The first-order chi connectivity index (χ1) is 11.0. The standard InChI is InChI=1S/C14H18N4O5/c19-13(20)5-6-15-14(21)10-2-1-7-17(9-10)12-4-3-11(8-16-12)18(22)23/h3-4,8,10H,1-2,5-7,9H2,(H,15,21)(H,19,20). The highest BCUT2D eigenvalue weighted by Crippen LogP contribution is 2.23. The molecule has 1 fully saturated rings. The minimum Gasteiger partial charge on any atom is -0.481 e. The Morgan fingerprint density at radius 2 is 2.26 bits per heavy atom. The van der Waals surface area contributed by atoms with Crippen LogP contribution in [0.1, 0.15) is 19.3 Å². The maximum atomic E-state index is 12.1. The van der Waals surface area contributed by atoms with Crippen molar-refractivity contribution in [2.45, 2.75) is 19.3 Å². The molecular weight excluding hydrogens is 304 g/mol. The van der Waals surface area contributed by atoms with Crippen LogP contribution in [0.3, 0.4) is 0 Å². The first kappa shape index (κ1) is 16.7. The number of carbonyl (C=O) groups is 2. The van der Waals surface area contributed by atoms with E-state index in [2.05, 4.69) is 10.3 Å². The van der Waals surface area contributed by atoms with E-state index in [4.69, 9.17) is 5.11 Å². The molecule has 23 heavy (non-hydrogen) atoms. The molecule has 0 saturated carbocycles. The molecule has 0 aromatic carbocycles. The van der Waals surface area contributed by atoms with Gasteiger partial charge in [-0.15, -0.1) is 0 Å². The molecule has 1 aliphatic rings. The molecular formula is C14H18N4O5. The second-order valence-corrected chi connectivity index (χ2v) is 5.35. The van der Waals surface area contributed by atoms with Crippen LogP contribution < -0.4 is 10.2 Å². The van der Waals surface area contributed by atoms with Crippen molar-refractivity contribution >= 4 is 23.4 Å². The van der Waals surface area contributed by atoms with E-state index in [0.717, 1.165) is 19.4 Å². The minimum absolute atomic E-state index is 0.0753. The number of amides is 1. The molecule has 2 N–H and O–H groups in total. The Labute approximate surface area is 132 Å². The normalized spacial score (nSPS) is 17.6. The summed E-state index contributed by atoms with van der Waals surface area (Å²) >= 11 is 0. The monoisotopic (exact) mass is 322 g/mol. The highest BCUT2D eigenvalue weighted by atomic mass is 16.6. The predicted molar refractivity (Wildman–Crippen MR) is 81.1 cm³/mol. The van der Waals surface area contributed by atoms with Crippen LogP contribution in [0.4, 0.5) is 11.5 Å². The summed E-state index contributed by atoms with van der Waals surface area (Å²) in [5, 5.41) is 21.8. The fraction of sp³-hybridized carbons (Fsp3) is 0.500. The van der Waals surface area contributed by atoms with Gasteiger partial charge in [-0.25, -0.2) is 4.98 Å². The third-order valence-electron chi connectivity index (χ3n) is 3.70. The van der Waals surface area contributed by atoms with Crippen molar-refractivity contribution in [3.05, 3.63) is 28.4 Å². The molecule has 1 atom stereocenters. The number of aromatic nitrogens is 1. The van der Waals surface area contributed by atoms with Gasteiger partial charge in [0.05, 0.1) is 17.3 Å². The van der Waals surface area contributed by atoms with Crippen molar-refractivity contribution in [3.63, 3.8) is 0 Å². The summed E-state index contributed by atoms with van der Waals surface area (Å²) in [7, 11) is 0. The summed E-state index contributed by atoms with van der Waals surface area (Å²) in [5.74, 6) is -0.767. The van der Waals surface area contributed by atoms with Crippen LogP contribution in [0.5, 0.6) is 0 Å². The van der Waals surface area contributed by atoms with Crippen molar-refractivity contribution < 1.29 is 19.6 Å². The number of hydrogen-bond donors (Lipinski definition) is 2. The van der Waals surface area contributed by atoms with Crippen molar-refractivity contribution in [2.24, 2.45) is 5.92 Å². The van der Waals surface area contributed by atoms with Crippen LogP contribution in [0.2, 0.25) is 0 Å². The average molecular weight is 322 g/mol. The van der Waals surface area contributed by atoms with Gasteiger partial charge in [0.2, 0.25) is 5.91 Å². The molecule has 1 aromatic heterocycles. The van der Waals surface area contributed by atoms with Gasteiger partial charge in [-0.2, -0.15) is 0 Å². The van der Waals surface area contributed by atoms with Gasteiger partial charge in [0, 0.05) is 25.7 Å². The quantitative estimate of drug-likeness (QED) is 0.586. The molecule has 9 nitrogen and oxygen atoms in total. The van der Waals surface area contributed by atoms with Gasteiger partial charge in [0.25, 0.3) is 5.69 Å². The molecule has 2 rings (SSSR count). The van der Waals surface area contributed by atoms with Crippen LogP contribution in [-0.2, 0) is 9.59 Å². The molecule has 1 aliphatic heterocycles. The van der Waals surface area contributed by atoms with E-state index in [1.54, 1.807) is 6.07 Å². The smallest absolute Gasteiger partial charge is 0.305 e. The molecule has 124 valence electrons. The lowest BCUT2D eigenvalue weighted by Gasteiger charge is -2.32.